The molecule has 0 radical (unpaired) electrons. The molecule has 4 amide bonds. The number of piperazine rings is 1. The van der Waals surface area contributed by atoms with Gasteiger partial charge in [0.15, 0.2) is 0 Å². The summed E-state index contributed by atoms with van der Waals surface area (Å²) in [6.45, 7) is 7.82. The van der Waals surface area contributed by atoms with Crippen molar-refractivity contribution in [2.24, 2.45) is 0 Å². The Bertz CT molecular complexity index is 800. The van der Waals surface area contributed by atoms with Gasteiger partial charge in [-0.15, -0.1) is 0 Å². The topological polar surface area (TPSA) is 81.8 Å². The highest BCUT2D eigenvalue weighted by atomic mass is 35.5. The predicted octanol–water partition coefficient (Wildman–Crippen LogP) is 2.32. The monoisotopic (exact) mass is 406 g/mol. The highest BCUT2D eigenvalue weighted by Gasteiger charge is 2.42. The lowest BCUT2D eigenvalue weighted by atomic mass is 9.95. The van der Waals surface area contributed by atoms with Crippen LogP contribution in [0.3, 0.4) is 0 Å². The first kappa shape index (κ1) is 20.5. The Kier molecular flexibility index (Phi) is 5.84. The fraction of sp³-hybridized carbons (Fsp3) is 0.550. The van der Waals surface area contributed by atoms with Crippen LogP contribution < -0.4 is 15.5 Å². The molecule has 0 aliphatic carbocycles. The molecule has 2 aliphatic rings. The van der Waals surface area contributed by atoms with Crippen LogP contribution in [0.1, 0.15) is 39.2 Å². The van der Waals surface area contributed by atoms with Crippen molar-refractivity contribution < 1.29 is 14.4 Å². The number of rotatable bonds is 5. The lowest BCUT2D eigenvalue weighted by molar-refractivity contribution is -0.132. The summed E-state index contributed by atoms with van der Waals surface area (Å²) in [4.78, 5) is 40.0. The summed E-state index contributed by atoms with van der Waals surface area (Å²) in [6, 6.07) is 5.75. The molecule has 2 saturated heterocycles. The quantitative estimate of drug-likeness (QED) is 0.735. The van der Waals surface area contributed by atoms with Crippen LogP contribution in [0, 0.1) is 0 Å². The van der Waals surface area contributed by atoms with Crippen LogP contribution in [0.25, 0.3) is 0 Å². The number of urea groups is 1. The molecule has 2 heterocycles. The molecule has 0 bridgehead atoms. The molecule has 2 aliphatic heterocycles. The third kappa shape index (κ3) is 4.09. The number of carbonyl (C=O) groups excluding carboxylic acids is 3. The number of nitrogens with one attached hydrogen (secondary N) is 2. The first-order chi connectivity index (χ1) is 13.2. The Morgan fingerprint density at radius 3 is 2.68 bits per heavy atom. The molecule has 0 saturated carbocycles. The van der Waals surface area contributed by atoms with Crippen LogP contribution in [0.5, 0.6) is 0 Å². The maximum absolute atomic E-state index is 12.7. The third-order valence-electron chi connectivity index (χ3n) is 5.68. The van der Waals surface area contributed by atoms with E-state index in [1.54, 1.807) is 6.92 Å². The molecule has 3 rings (SSSR count). The van der Waals surface area contributed by atoms with Gasteiger partial charge in [-0.3, -0.25) is 14.9 Å². The van der Waals surface area contributed by atoms with Gasteiger partial charge in [0, 0.05) is 42.8 Å². The molecule has 0 aromatic heterocycles. The van der Waals surface area contributed by atoms with Gasteiger partial charge in [0.05, 0.1) is 0 Å². The number of benzene rings is 1. The smallest absolute Gasteiger partial charge is 0.322 e. The minimum Gasteiger partial charge on any atom is -0.365 e. The van der Waals surface area contributed by atoms with Gasteiger partial charge < -0.3 is 15.1 Å². The van der Waals surface area contributed by atoms with Crippen LogP contribution in [0.2, 0.25) is 5.02 Å². The standard InChI is InChI=1S/C20H27ClN4O3/c1-4-14-11-15(5-6-16(14)21)25-10-9-24(12-13(25)2)17(26)7-8-20(3)18(27)22-19(28)23-20/h5-6,11,13H,4,7-10,12H2,1-3H3,(H2,22,23,27,28)/t13-,20+/m0/s1. The van der Waals surface area contributed by atoms with Crippen molar-refractivity contribution in [3.63, 3.8) is 0 Å². The van der Waals surface area contributed by atoms with E-state index in [4.69, 9.17) is 11.6 Å². The normalized spacial score (nSPS) is 24.9. The van der Waals surface area contributed by atoms with Crippen molar-refractivity contribution in [2.45, 2.75) is 51.6 Å². The average molecular weight is 407 g/mol. The van der Waals surface area contributed by atoms with E-state index < -0.39 is 11.6 Å². The SMILES string of the molecule is CCc1cc(N2CCN(C(=O)CC[C@@]3(C)NC(=O)NC3=O)C[C@@H]2C)ccc1Cl. The Morgan fingerprint density at radius 1 is 1.32 bits per heavy atom. The Labute approximate surface area is 170 Å². The molecule has 2 N–H and O–H groups in total. The summed E-state index contributed by atoms with van der Waals surface area (Å²) in [6.07, 6.45) is 1.38. The van der Waals surface area contributed by atoms with Crippen molar-refractivity contribution in [1.29, 1.82) is 0 Å². The van der Waals surface area contributed by atoms with Gasteiger partial charge in [0.1, 0.15) is 5.54 Å². The van der Waals surface area contributed by atoms with Crippen LogP contribution >= 0.6 is 11.6 Å². The molecule has 0 unspecified atom stereocenters. The minimum atomic E-state index is -1.01. The van der Waals surface area contributed by atoms with Gasteiger partial charge in [-0.25, -0.2) is 4.79 Å². The average Bonchev–Trinajstić information content (AvgIpc) is 2.92. The summed E-state index contributed by atoms with van der Waals surface area (Å²) < 4.78 is 0. The molecular weight excluding hydrogens is 380 g/mol. The highest BCUT2D eigenvalue weighted by Crippen LogP contribution is 2.27. The number of carbonyl (C=O) groups is 3. The van der Waals surface area contributed by atoms with E-state index in [0.717, 1.165) is 29.2 Å². The summed E-state index contributed by atoms with van der Waals surface area (Å²) in [5, 5.41) is 5.61. The number of halogens is 1. The summed E-state index contributed by atoms with van der Waals surface area (Å²) in [7, 11) is 0. The third-order valence-corrected chi connectivity index (χ3v) is 6.05. The molecule has 0 spiro atoms. The summed E-state index contributed by atoms with van der Waals surface area (Å²) in [5.74, 6) is -0.370. The lowest BCUT2D eigenvalue weighted by Gasteiger charge is -2.41. The fourth-order valence-corrected chi connectivity index (χ4v) is 4.10. The van der Waals surface area contributed by atoms with Gasteiger partial charge in [-0.2, -0.15) is 0 Å². The number of anilines is 1. The summed E-state index contributed by atoms with van der Waals surface area (Å²) in [5.41, 5.74) is 1.23. The minimum absolute atomic E-state index is 0.00651. The van der Waals surface area contributed by atoms with Crippen LogP contribution in [-0.4, -0.2) is 54.0 Å². The van der Waals surface area contributed by atoms with Crippen molar-refractivity contribution >= 4 is 35.1 Å². The van der Waals surface area contributed by atoms with Crippen LogP contribution in [0.15, 0.2) is 18.2 Å². The zero-order valence-corrected chi connectivity index (χ0v) is 17.3. The molecule has 28 heavy (non-hydrogen) atoms. The largest absolute Gasteiger partial charge is 0.365 e. The molecule has 1 aromatic rings. The first-order valence-electron chi connectivity index (χ1n) is 9.70. The number of hydrogen-bond donors (Lipinski definition) is 2. The van der Waals surface area contributed by atoms with Gasteiger partial charge in [0.25, 0.3) is 5.91 Å². The zero-order valence-electron chi connectivity index (χ0n) is 16.5. The Balaban J connectivity index is 1.58. The van der Waals surface area contributed by atoms with Crippen molar-refractivity contribution in [2.75, 3.05) is 24.5 Å². The highest BCUT2D eigenvalue weighted by molar-refractivity contribution is 6.31. The van der Waals surface area contributed by atoms with Crippen molar-refractivity contribution in [3.8, 4) is 0 Å². The van der Waals surface area contributed by atoms with Crippen LogP contribution in [-0.2, 0) is 16.0 Å². The molecule has 152 valence electrons. The second-order valence-corrected chi connectivity index (χ2v) is 8.16. The summed E-state index contributed by atoms with van der Waals surface area (Å²) >= 11 is 6.23. The Morgan fingerprint density at radius 2 is 2.07 bits per heavy atom. The van der Waals surface area contributed by atoms with E-state index in [1.807, 2.05) is 17.0 Å². The van der Waals surface area contributed by atoms with Crippen molar-refractivity contribution in [3.05, 3.63) is 28.8 Å². The van der Waals surface area contributed by atoms with E-state index in [9.17, 15) is 14.4 Å². The van der Waals surface area contributed by atoms with E-state index >= 15 is 0 Å². The predicted molar refractivity (Wildman–Crippen MR) is 109 cm³/mol. The molecule has 1 aromatic carbocycles. The maximum atomic E-state index is 12.7. The first-order valence-corrected chi connectivity index (χ1v) is 10.1. The number of nitrogens with zero attached hydrogens (tertiary/aromatic N) is 2. The van der Waals surface area contributed by atoms with Gasteiger partial charge >= 0.3 is 6.03 Å². The van der Waals surface area contributed by atoms with Gasteiger partial charge in [-0.05, 0) is 50.5 Å². The lowest BCUT2D eigenvalue weighted by Crippen LogP contribution is -2.54. The van der Waals surface area contributed by atoms with Crippen LogP contribution in [0.4, 0.5) is 10.5 Å². The number of imide groups is 1. The molecule has 7 nitrogen and oxygen atoms in total. The number of amides is 4. The molecule has 2 atom stereocenters. The van der Waals surface area contributed by atoms with Gasteiger partial charge in [-0.1, -0.05) is 18.5 Å². The molecule has 8 heteroatoms. The van der Waals surface area contributed by atoms with E-state index in [1.165, 1.54) is 0 Å². The second-order valence-electron chi connectivity index (χ2n) is 7.75. The number of aryl methyl sites for hydroxylation is 1. The fourth-order valence-electron chi connectivity index (χ4n) is 3.85. The molecular formula is C20H27ClN4O3. The van der Waals surface area contributed by atoms with E-state index in [-0.39, 0.29) is 30.7 Å². The maximum Gasteiger partial charge on any atom is 0.322 e. The van der Waals surface area contributed by atoms with E-state index in [0.29, 0.717) is 13.1 Å². The van der Waals surface area contributed by atoms with Gasteiger partial charge in [0.2, 0.25) is 5.91 Å². The Hall–Kier alpha value is -2.28. The number of hydrogen-bond acceptors (Lipinski definition) is 4. The molecule has 2 fully saturated rings. The zero-order chi connectivity index (χ0) is 20.5. The second kappa shape index (κ2) is 7.99. The van der Waals surface area contributed by atoms with E-state index in [2.05, 4.69) is 35.4 Å². The van der Waals surface area contributed by atoms with Crippen molar-refractivity contribution in [1.82, 2.24) is 15.5 Å².